The summed E-state index contributed by atoms with van der Waals surface area (Å²) in [6, 6.07) is 0. The number of likely N-dealkylation sites (N-methyl/N-ethyl adjacent to an activating group) is 1. The Balaban J connectivity index is 2.44. The van der Waals surface area contributed by atoms with Gasteiger partial charge in [0.05, 0.1) is 6.10 Å². The Hall–Kier alpha value is -0.330. The van der Waals surface area contributed by atoms with Crippen LogP contribution in [-0.4, -0.2) is 49.5 Å². The number of rotatable bonds is 7. The van der Waals surface area contributed by atoms with E-state index < -0.39 is 18.1 Å². The Bertz CT molecular complexity index is 280. The zero-order chi connectivity index (χ0) is 15.2. The molecule has 0 radical (unpaired) electrons. The molecule has 0 aliphatic carbocycles. The van der Waals surface area contributed by atoms with E-state index in [0.29, 0.717) is 13.0 Å². The van der Waals surface area contributed by atoms with E-state index >= 15 is 0 Å². The second-order valence-electron chi connectivity index (χ2n) is 6.04. The summed E-state index contributed by atoms with van der Waals surface area (Å²) >= 11 is 0. The van der Waals surface area contributed by atoms with Crippen molar-refractivity contribution in [2.45, 2.75) is 63.3 Å². The van der Waals surface area contributed by atoms with Crippen LogP contribution in [0.4, 0.5) is 13.2 Å². The molecule has 1 heterocycles. The van der Waals surface area contributed by atoms with Gasteiger partial charge < -0.3 is 10.5 Å². The molecule has 1 saturated heterocycles. The Morgan fingerprint density at radius 3 is 2.45 bits per heavy atom. The topological polar surface area (TPSA) is 38.5 Å². The highest BCUT2D eigenvalue weighted by atomic mass is 19.4. The first-order valence-electron chi connectivity index (χ1n) is 7.36. The van der Waals surface area contributed by atoms with E-state index in [-0.39, 0.29) is 12.5 Å². The number of nitrogens with two attached hydrogens (primary N) is 1. The van der Waals surface area contributed by atoms with Crippen LogP contribution in [-0.2, 0) is 4.74 Å². The van der Waals surface area contributed by atoms with E-state index in [0.717, 1.165) is 32.4 Å². The smallest absolute Gasteiger partial charge is 0.377 e. The van der Waals surface area contributed by atoms with Crippen molar-refractivity contribution >= 4 is 0 Å². The largest absolute Gasteiger partial charge is 0.389 e. The fourth-order valence-corrected chi connectivity index (χ4v) is 2.60. The molecule has 0 bridgehead atoms. The first kappa shape index (κ1) is 17.7. The van der Waals surface area contributed by atoms with Crippen molar-refractivity contribution in [3.8, 4) is 0 Å². The van der Waals surface area contributed by atoms with Gasteiger partial charge >= 0.3 is 6.18 Å². The molecular weight excluding hydrogens is 269 g/mol. The van der Waals surface area contributed by atoms with Gasteiger partial charge in [0.15, 0.2) is 0 Å². The van der Waals surface area contributed by atoms with E-state index in [2.05, 4.69) is 4.90 Å². The fourth-order valence-electron chi connectivity index (χ4n) is 2.60. The molecule has 3 nitrogen and oxygen atoms in total. The lowest BCUT2D eigenvalue weighted by atomic mass is 9.92. The Kier molecular flexibility index (Phi) is 6.75. The van der Waals surface area contributed by atoms with Gasteiger partial charge in [0, 0.05) is 31.7 Å². The van der Waals surface area contributed by atoms with Crippen LogP contribution < -0.4 is 5.73 Å². The number of hydrogen-bond donors (Lipinski definition) is 1. The summed E-state index contributed by atoms with van der Waals surface area (Å²) in [6.45, 7) is 3.81. The lowest BCUT2D eigenvalue weighted by Gasteiger charge is -2.40. The molecule has 6 heteroatoms. The van der Waals surface area contributed by atoms with E-state index in [9.17, 15) is 13.2 Å². The number of ether oxygens (including phenoxy) is 1. The molecule has 120 valence electrons. The molecule has 1 aliphatic rings. The van der Waals surface area contributed by atoms with Crippen molar-refractivity contribution in [3.05, 3.63) is 0 Å². The van der Waals surface area contributed by atoms with E-state index in [4.69, 9.17) is 10.5 Å². The Morgan fingerprint density at radius 2 is 1.95 bits per heavy atom. The predicted octanol–water partition coefficient (Wildman–Crippen LogP) is 2.94. The normalized spacial score (nSPS) is 23.9. The zero-order valence-electron chi connectivity index (χ0n) is 12.5. The third-order valence-corrected chi connectivity index (χ3v) is 4.29. The summed E-state index contributed by atoms with van der Waals surface area (Å²) in [5, 5.41) is 0. The maximum atomic E-state index is 12.2. The first-order chi connectivity index (χ1) is 9.27. The van der Waals surface area contributed by atoms with Crippen molar-refractivity contribution in [1.82, 2.24) is 4.90 Å². The van der Waals surface area contributed by atoms with Crippen LogP contribution >= 0.6 is 0 Å². The average molecular weight is 296 g/mol. The van der Waals surface area contributed by atoms with Crippen molar-refractivity contribution in [3.63, 3.8) is 0 Å². The van der Waals surface area contributed by atoms with E-state index in [1.54, 1.807) is 0 Å². The van der Waals surface area contributed by atoms with Gasteiger partial charge in [-0.2, -0.15) is 13.2 Å². The van der Waals surface area contributed by atoms with Gasteiger partial charge in [0.1, 0.15) is 0 Å². The molecule has 0 aromatic heterocycles. The van der Waals surface area contributed by atoms with Gasteiger partial charge in [-0.3, -0.25) is 4.90 Å². The third-order valence-electron chi connectivity index (χ3n) is 4.29. The van der Waals surface area contributed by atoms with Crippen LogP contribution in [0, 0.1) is 0 Å². The molecule has 0 aromatic carbocycles. The Labute approximate surface area is 119 Å². The summed E-state index contributed by atoms with van der Waals surface area (Å²) in [5.74, 6) is 0. The summed E-state index contributed by atoms with van der Waals surface area (Å²) < 4.78 is 42.4. The van der Waals surface area contributed by atoms with Crippen molar-refractivity contribution in [2.24, 2.45) is 5.73 Å². The molecule has 2 N–H and O–H groups in total. The molecule has 0 spiro atoms. The highest BCUT2D eigenvalue weighted by molar-refractivity contribution is 4.87. The van der Waals surface area contributed by atoms with Gasteiger partial charge in [-0.1, -0.05) is 0 Å². The number of halogens is 3. The number of hydrogen-bond acceptors (Lipinski definition) is 3. The zero-order valence-corrected chi connectivity index (χ0v) is 12.5. The minimum Gasteiger partial charge on any atom is -0.377 e. The quantitative estimate of drug-likeness (QED) is 0.785. The maximum absolute atomic E-state index is 12.2. The molecular formula is C14H27F3N2O. The predicted molar refractivity (Wildman–Crippen MR) is 73.6 cm³/mol. The van der Waals surface area contributed by atoms with Gasteiger partial charge in [0.25, 0.3) is 0 Å². The Morgan fingerprint density at radius 1 is 1.25 bits per heavy atom. The standard InChI is InChI=1S/C14H27F3N2O/c1-13(11-18,7-5-8-14(15,16)17)19(2)10-12-6-3-4-9-20-12/h12H,3-11,18H2,1-2H3. The molecule has 0 saturated carbocycles. The second kappa shape index (κ2) is 7.61. The van der Waals surface area contributed by atoms with E-state index in [1.165, 1.54) is 0 Å². The van der Waals surface area contributed by atoms with Crippen LogP contribution in [0.15, 0.2) is 0 Å². The summed E-state index contributed by atoms with van der Waals surface area (Å²) in [6.07, 6.45) is -0.794. The molecule has 1 rings (SSSR count). The summed E-state index contributed by atoms with van der Waals surface area (Å²) in [7, 11) is 1.93. The van der Waals surface area contributed by atoms with Crippen LogP contribution in [0.25, 0.3) is 0 Å². The van der Waals surface area contributed by atoms with Gasteiger partial charge in [-0.25, -0.2) is 0 Å². The van der Waals surface area contributed by atoms with Crippen LogP contribution in [0.2, 0.25) is 0 Å². The molecule has 2 unspecified atom stereocenters. The van der Waals surface area contributed by atoms with Gasteiger partial charge in [-0.05, 0) is 46.1 Å². The lowest BCUT2D eigenvalue weighted by Crippen LogP contribution is -2.52. The monoisotopic (exact) mass is 296 g/mol. The van der Waals surface area contributed by atoms with Crippen LogP contribution in [0.1, 0.15) is 45.4 Å². The van der Waals surface area contributed by atoms with Crippen LogP contribution in [0.3, 0.4) is 0 Å². The molecule has 2 atom stereocenters. The summed E-state index contributed by atoms with van der Waals surface area (Å²) in [5.41, 5.74) is 5.40. The molecule has 1 aliphatic heterocycles. The maximum Gasteiger partial charge on any atom is 0.389 e. The van der Waals surface area contributed by atoms with Gasteiger partial charge in [0.2, 0.25) is 0 Å². The lowest BCUT2D eigenvalue weighted by molar-refractivity contribution is -0.137. The third kappa shape index (κ3) is 5.97. The SMILES string of the molecule is CN(CC1CCCCO1)C(C)(CN)CCCC(F)(F)F. The van der Waals surface area contributed by atoms with Gasteiger partial charge in [-0.15, -0.1) is 0 Å². The fraction of sp³-hybridized carbons (Fsp3) is 1.00. The molecule has 1 fully saturated rings. The molecule has 20 heavy (non-hydrogen) atoms. The minimum absolute atomic E-state index is 0.118. The highest BCUT2D eigenvalue weighted by Crippen LogP contribution is 2.27. The molecule has 0 amide bonds. The van der Waals surface area contributed by atoms with Crippen LogP contribution in [0.5, 0.6) is 0 Å². The highest BCUT2D eigenvalue weighted by Gasteiger charge is 2.32. The minimum atomic E-state index is -4.08. The first-order valence-corrected chi connectivity index (χ1v) is 7.36. The summed E-state index contributed by atoms with van der Waals surface area (Å²) in [4.78, 5) is 2.07. The van der Waals surface area contributed by atoms with Crippen molar-refractivity contribution in [1.29, 1.82) is 0 Å². The van der Waals surface area contributed by atoms with E-state index in [1.807, 2.05) is 14.0 Å². The number of nitrogens with zero attached hydrogens (tertiary/aromatic N) is 1. The second-order valence-corrected chi connectivity index (χ2v) is 6.04. The van der Waals surface area contributed by atoms with Crippen molar-refractivity contribution < 1.29 is 17.9 Å². The molecule has 0 aromatic rings. The number of alkyl halides is 3. The van der Waals surface area contributed by atoms with Crippen molar-refractivity contribution in [2.75, 3.05) is 26.7 Å². The average Bonchev–Trinajstić information content (AvgIpc) is 2.38.